The van der Waals surface area contributed by atoms with E-state index in [1.54, 1.807) is 0 Å². The van der Waals surface area contributed by atoms with Crippen LogP contribution in [0.3, 0.4) is 0 Å². The van der Waals surface area contributed by atoms with E-state index in [0.29, 0.717) is 12.5 Å². The second kappa shape index (κ2) is 6.47. The van der Waals surface area contributed by atoms with Crippen molar-refractivity contribution < 1.29 is 14.7 Å². The summed E-state index contributed by atoms with van der Waals surface area (Å²) in [4.78, 5) is 23.8. The molecule has 0 heterocycles. The van der Waals surface area contributed by atoms with Gasteiger partial charge < -0.3 is 15.3 Å². The van der Waals surface area contributed by atoms with Crippen molar-refractivity contribution in [1.82, 2.24) is 10.2 Å². The van der Waals surface area contributed by atoms with Gasteiger partial charge in [0.15, 0.2) is 0 Å². The summed E-state index contributed by atoms with van der Waals surface area (Å²) in [6, 6.07) is 0.0217. The lowest BCUT2D eigenvalue weighted by atomic mass is 10.2. The van der Waals surface area contributed by atoms with Gasteiger partial charge in [0.2, 0.25) is 0 Å². The molecule has 2 N–H and O–H groups in total. The Balaban J connectivity index is 2.35. The van der Waals surface area contributed by atoms with Crippen molar-refractivity contribution in [3.05, 3.63) is 0 Å². The van der Waals surface area contributed by atoms with Gasteiger partial charge in [-0.15, -0.1) is 0 Å². The number of aliphatic carboxylic acids is 1. The third-order valence-corrected chi connectivity index (χ3v) is 3.00. The van der Waals surface area contributed by atoms with Crippen molar-refractivity contribution in [2.24, 2.45) is 5.92 Å². The first-order valence-corrected chi connectivity index (χ1v) is 6.35. The minimum Gasteiger partial charge on any atom is -0.480 e. The van der Waals surface area contributed by atoms with Crippen LogP contribution in [-0.2, 0) is 4.79 Å². The molecule has 17 heavy (non-hydrogen) atoms. The van der Waals surface area contributed by atoms with Crippen LogP contribution in [0.15, 0.2) is 0 Å². The van der Waals surface area contributed by atoms with Crippen LogP contribution in [0.5, 0.6) is 0 Å². The van der Waals surface area contributed by atoms with Gasteiger partial charge in [-0.25, -0.2) is 4.79 Å². The van der Waals surface area contributed by atoms with Crippen LogP contribution < -0.4 is 5.32 Å². The predicted octanol–water partition coefficient (Wildman–Crippen LogP) is 1.68. The van der Waals surface area contributed by atoms with E-state index in [-0.39, 0.29) is 18.6 Å². The Morgan fingerprint density at radius 3 is 2.59 bits per heavy atom. The molecule has 2 amide bonds. The summed E-state index contributed by atoms with van der Waals surface area (Å²) in [5, 5.41) is 11.6. The molecule has 98 valence electrons. The van der Waals surface area contributed by atoms with Gasteiger partial charge in [-0.3, -0.25) is 4.79 Å². The quantitative estimate of drug-likeness (QED) is 0.713. The Morgan fingerprint density at radius 1 is 1.35 bits per heavy atom. The van der Waals surface area contributed by atoms with Crippen molar-refractivity contribution in [3.63, 3.8) is 0 Å². The average molecular weight is 242 g/mol. The maximum atomic E-state index is 11.8. The first kappa shape index (κ1) is 13.8. The summed E-state index contributed by atoms with van der Waals surface area (Å²) in [5.41, 5.74) is 0. The van der Waals surface area contributed by atoms with Gasteiger partial charge in [0.05, 0.1) is 0 Å². The standard InChI is InChI=1S/C12H22N2O3/c1-3-5-9-7-10(9)13-12(17)14(6-4-2)8-11(15)16/h9-10H,3-8H2,1-2H3,(H,13,17)(H,15,16). The number of carbonyl (C=O) groups excluding carboxylic acids is 1. The Labute approximate surface area is 102 Å². The van der Waals surface area contributed by atoms with Crippen LogP contribution in [0.4, 0.5) is 4.79 Å². The monoisotopic (exact) mass is 242 g/mol. The molecule has 1 fully saturated rings. The van der Waals surface area contributed by atoms with Gasteiger partial charge in [0.1, 0.15) is 6.54 Å². The van der Waals surface area contributed by atoms with Crippen LogP contribution in [0.2, 0.25) is 0 Å². The van der Waals surface area contributed by atoms with Gasteiger partial charge in [0.25, 0.3) is 0 Å². The normalized spacial score (nSPS) is 22.0. The summed E-state index contributed by atoms with van der Waals surface area (Å²) in [6.45, 7) is 4.33. The maximum Gasteiger partial charge on any atom is 0.323 e. The number of carboxylic acids is 1. The Kier molecular flexibility index (Phi) is 5.25. The van der Waals surface area contributed by atoms with Gasteiger partial charge in [0, 0.05) is 12.6 Å². The van der Waals surface area contributed by atoms with Crippen LogP contribution in [0.25, 0.3) is 0 Å². The van der Waals surface area contributed by atoms with Gasteiger partial charge in [-0.1, -0.05) is 20.3 Å². The molecule has 1 aliphatic carbocycles. The highest BCUT2D eigenvalue weighted by Crippen LogP contribution is 2.34. The Bertz CT molecular complexity index is 281. The number of carboxylic acid groups (broad SMARTS) is 1. The van der Waals surface area contributed by atoms with Crippen molar-refractivity contribution in [2.45, 2.75) is 45.6 Å². The lowest BCUT2D eigenvalue weighted by molar-refractivity contribution is -0.137. The van der Waals surface area contributed by atoms with Crippen molar-refractivity contribution >= 4 is 12.0 Å². The fourth-order valence-corrected chi connectivity index (χ4v) is 2.05. The lowest BCUT2D eigenvalue weighted by Gasteiger charge is -2.20. The zero-order valence-corrected chi connectivity index (χ0v) is 10.6. The molecule has 0 aromatic carbocycles. The number of hydrogen-bond donors (Lipinski definition) is 2. The fourth-order valence-electron chi connectivity index (χ4n) is 2.05. The van der Waals surface area contributed by atoms with Crippen molar-refractivity contribution in [2.75, 3.05) is 13.1 Å². The van der Waals surface area contributed by atoms with Gasteiger partial charge in [-0.2, -0.15) is 0 Å². The zero-order chi connectivity index (χ0) is 12.8. The zero-order valence-electron chi connectivity index (χ0n) is 10.6. The number of urea groups is 1. The molecule has 0 radical (unpaired) electrons. The number of carbonyl (C=O) groups is 2. The highest BCUT2D eigenvalue weighted by atomic mass is 16.4. The van der Waals surface area contributed by atoms with E-state index in [0.717, 1.165) is 25.7 Å². The van der Waals surface area contributed by atoms with Crippen LogP contribution >= 0.6 is 0 Å². The molecule has 0 aliphatic heterocycles. The van der Waals surface area contributed by atoms with Gasteiger partial charge >= 0.3 is 12.0 Å². The van der Waals surface area contributed by atoms with E-state index < -0.39 is 5.97 Å². The van der Waals surface area contributed by atoms with Crippen LogP contribution in [0.1, 0.15) is 39.5 Å². The number of nitrogens with zero attached hydrogens (tertiary/aromatic N) is 1. The smallest absolute Gasteiger partial charge is 0.323 e. The second-order valence-electron chi connectivity index (χ2n) is 4.66. The van der Waals surface area contributed by atoms with Crippen molar-refractivity contribution in [3.8, 4) is 0 Å². The minimum absolute atomic E-state index is 0.217. The number of nitrogens with one attached hydrogen (secondary N) is 1. The summed E-state index contributed by atoms with van der Waals surface area (Å²) >= 11 is 0. The first-order valence-electron chi connectivity index (χ1n) is 6.35. The molecule has 1 saturated carbocycles. The third kappa shape index (κ3) is 4.63. The summed E-state index contributed by atoms with van der Waals surface area (Å²) in [5.74, 6) is -0.369. The molecule has 0 aromatic rings. The van der Waals surface area contributed by atoms with E-state index in [4.69, 9.17) is 5.11 Å². The molecule has 5 heteroatoms. The molecule has 1 rings (SSSR count). The van der Waals surface area contributed by atoms with E-state index in [9.17, 15) is 9.59 Å². The first-order chi connectivity index (χ1) is 8.08. The molecule has 0 bridgehead atoms. The third-order valence-electron chi connectivity index (χ3n) is 3.00. The molecule has 5 nitrogen and oxygen atoms in total. The van der Waals surface area contributed by atoms with Crippen molar-refractivity contribution in [1.29, 1.82) is 0 Å². The molecule has 0 saturated heterocycles. The average Bonchev–Trinajstić information content (AvgIpc) is 2.95. The van der Waals surface area contributed by atoms with E-state index >= 15 is 0 Å². The molecular weight excluding hydrogens is 220 g/mol. The molecule has 2 unspecified atom stereocenters. The predicted molar refractivity (Wildman–Crippen MR) is 64.8 cm³/mol. The maximum absolute atomic E-state index is 11.8. The summed E-state index contributed by atoms with van der Waals surface area (Å²) < 4.78 is 0. The molecule has 2 atom stereocenters. The molecule has 1 aliphatic rings. The topological polar surface area (TPSA) is 69.6 Å². The van der Waals surface area contributed by atoms with E-state index in [1.165, 1.54) is 4.90 Å². The Morgan fingerprint density at radius 2 is 2.06 bits per heavy atom. The Hall–Kier alpha value is -1.26. The van der Waals surface area contributed by atoms with Crippen LogP contribution in [0, 0.1) is 5.92 Å². The highest BCUT2D eigenvalue weighted by Gasteiger charge is 2.38. The summed E-state index contributed by atoms with van der Waals surface area (Å²) in [7, 11) is 0. The van der Waals surface area contributed by atoms with Crippen LogP contribution in [-0.4, -0.2) is 41.1 Å². The summed E-state index contributed by atoms with van der Waals surface area (Å²) in [6.07, 6.45) is 4.07. The lowest BCUT2D eigenvalue weighted by Crippen LogP contribution is -2.44. The fraction of sp³-hybridized carbons (Fsp3) is 0.833. The number of hydrogen-bond acceptors (Lipinski definition) is 2. The minimum atomic E-state index is -0.963. The van der Waals surface area contributed by atoms with E-state index in [2.05, 4.69) is 12.2 Å². The van der Waals surface area contributed by atoms with Gasteiger partial charge in [-0.05, 0) is 25.2 Å². The molecular formula is C12H22N2O3. The number of rotatable bonds is 7. The highest BCUT2D eigenvalue weighted by molar-refractivity contribution is 5.80. The van der Waals surface area contributed by atoms with E-state index in [1.807, 2.05) is 6.92 Å². The molecule has 0 aromatic heterocycles. The largest absolute Gasteiger partial charge is 0.480 e. The number of amides is 2. The second-order valence-corrected chi connectivity index (χ2v) is 4.66. The molecule has 0 spiro atoms. The SMILES string of the molecule is CCCC1CC1NC(=O)N(CCC)CC(=O)O.